The molecule has 3 aliphatic carbocycles. The van der Waals surface area contributed by atoms with Crippen molar-refractivity contribution in [2.45, 2.75) is 115 Å². The Morgan fingerprint density at radius 1 is 1.11 bits per heavy atom. The molecule has 23 heteroatoms. The number of hydrogen-bond acceptors (Lipinski definition) is 19. The van der Waals surface area contributed by atoms with Crippen molar-refractivity contribution in [2.24, 2.45) is 16.7 Å². The number of nitrogens with zero attached hydrogens (tertiary/aromatic N) is 3. The maximum Gasteiger partial charge on any atom is 0.508 e. The van der Waals surface area contributed by atoms with Crippen molar-refractivity contribution in [1.29, 1.82) is 0 Å². The maximum absolute atomic E-state index is 15.2. The van der Waals surface area contributed by atoms with Gasteiger partial charge in [-0.3, -0.25) is 24.6 Å². The van der Waals surface area contributed by atoms with Crippen LogP contribution >= 0.6 is 11.3 Å². The summed E-state index contributed by atoms with van der Waals surface area (Å²) >= 11 is 0.900. The molecule has 4 aliphatic rings. The van der Waals surface area contributed by atoms with Crippen LogP contribution in [0.15, 0.2) is 47.7 Å². The van der Waals surface area contributed by atoms with Crippen molar-refractivity contribution in [3.8, 4) is 0 Å². The molecule has 8 unspecified atom stereocenters. The number of nitrogens with one attached hydrogen (secondary N) is 1. The summed E-state index contributed by atoms with van der Waals surface area (Å²) < 4.78 is 29.1. The van der Waals surface area contributed by atoms with E-state index in [1.165, 1.54) is 53.7 Å². The number of carbonyl (C=O) groups is 5. The second kappa shape index (κ2) is 21.1. The van der Waals surface area contributed by atoms with Crippen molar-refractivity contribution in [1.82, 2.24) is 15.2 Å². The molecule has 2 aromatic rings. The molecule has 0 spiro atoms. The number of aliphatic hydroxyl groups excluding tert-OH is 2. The first-order valence-electron chi connectivity index (χ1n) is 20.0. The summed E-state index contributed by atoms with van der Waals surface area (Å²) in [6.07, 6.45) is -10.8. The summed E-state index contributed by atoms with van der Waals surface area (Å²) in [5.74, 6) is -5.33. The minimum atomic E-state index is -2.39. The summed E-state index contributed by atoms with van der Waals surface area (Å²) in [6, 6.07) is 6.63. The topological polar surface area (TPSA) is 284 Å². The third-order valence-corrected chi connectivity index (χ3v) is 14.0. The molecular weight excluding hydrogens is 1290 g/mol. The van der Waals surface area contributed by atoms with Crippen LogP contribution in [0.4, 0.5) is 9.80 Å². The Bertz CT molecular complexity index is 2140. The fourth-order valence-electron chi connectivity index (χ4n) is 9.54. The molecule has 1 amide bonds. The van der Waals surface area contributed by atoms with Gasteiger partial charge in [-0.15, -0.1) is 0 Å². The molecule has 344 valence electrons. The number of esters is 2. The first-order valence-corrected chi connectivity index (χ1v) is 20.8. The monoisotopic (exact) mass is 1340 g/mol. The van der Waals surface area contributed by atoms with Gasteiger partial charge in [0.05, 0.1) is 41.2 Å². The number of ether oxygens (including phenoxy) is 5. The van der Waals surface area contributed by atoms with Crippen LogP contribution in [0.3, 0.4) is 0 Å². The number of Topliss-reactive ketones (excluding diaryl/α,β-unsaturated/α-hetero) is 1. The van der Waals surface area contributed by atoms with Gasteiger partial charge in [-0.05, 0) is 62.4 Å². The molecule has 64 heavy (non-hydrogen) atoms. The van der Waals surface area contributed by atoms with Crippen molar-refractivity contribution in [2.75, 3.05) is 26.8 Å². The first-order chi connectivity index (χ1) is 29.0. The van der Waals surface area contributed by atoms with Crippen molar-refractivity contribution < 1.29 is 161 Å². The van der Waals surface area contributed by atoms with Crippen LogP contribution in [0, 0.1) is 115 Å². The molecule has 2 saturated carbocycles. The van der Waals surface area contributed by atoms with Crippen molar-refractivity contribution >= 4 is 46.1 Å². The largest absolute Gasteiger partial charge is 0.508 e. The van der Waals surface area contributed by atoms with E-state index in [1.54, 1.807) is 30.1 Å². The molecule has 2 heterocycles. The van der Waals surface area contributed by atoms with Crippen molar-refractivity contribution in [3.63, 3.8) is 0 Å². The average molecular weight is 1340 g/mol. The quantitative estimate of drug-likeness (QED) is 0.0626. The number of carbonyl (C=O) groups excluding carboxylic acids is 5. The number of fused-ring (bicyclic) bond motifs is 5. The molecule has 3 fully saturated rings. The predicted molar refractivity (Wildman–Crippen MR) is 214 cm³/mol. The zero-order valence-corrected chi connectivity index (χ0v) is 46.7. The first kappa shape index (κ1) is 54.6. The van der Waals surface area contributed by atoms with E-state index in [1.807, 2.05) is 0 Å². The summed E-state index contributed by atoms with van der Waals surface area (Å²) in [4.78, 5) is 84.2. The van der Waals surface area contributed by atoms with Gasteiger partial charge >= 0.3 is 23.1 Å². The minimum Gasteiger partial charge on any atom is -0.456 e. The Morgan fingerprint density at radius 3 is 2.34 bits per heavy atom. The Labute approximate surface area is 444 Å². The molecule has 11 atom stereocenters. The fourth-order valence-corrected chi connectivity index (χ4v) is 10.4. The maximum atomic E-state index is 15.2. The third kappa shape index (κ3) is 10.2. The minimum absolute atomic E-state index is 0. The van der Waals surface area contributed by atoms with Crippen LogP contribution in [0.5, 0.6) is 0 Å². The molecule has 1 saturated heterocycles. The van der Waals surface area contributed by atoms with Gasteiger partial charge in [0.25, 0.3) is 0 Å². The number of amides is 1. The number of thiazole rings is 1. The number of likely N-dealkylation sites (N-methyl/N-ethyl adjacent to an activating group) is 1. The normalized spacial score (nSPS) is 31.1. The SMILES string of the molecule is CC(=O)N[C@@H](C)C(O)C(=O)OC1CC2(O)C(OC(=O)c3ccccc3)C3[C@]4(O)COC4CC(OC(=O)OCCN(C)Cc4ncc([N+](=O)[O-])s4)[C@@]3(C)C(=O)C(O)C(=C1C)C2(C)C.[Ac].[Ac]. The Kier molecular flexibility index (Phi) is 18.0. The van der Waals surface area contributed by atoms with Crippen LogP contribution in [-0.2, 0) is 44.6 Å². The van der Waals surface area contributed by atoms with Crippen molar-refractivity contribution in [3.05, 3.63) is 68.4 Å². The predicted octanol–water partition coefficient (Wildman–Crippen LogP) is 1.61. The van der Waals surface area contributed by atoms with Crippen LogP contribution < -0.4 is 5.32 Å². The molecule has 1 aliphatic heterocycles. The molecular formula is C41H52Ac2N4O16S. The van der Waals surface area contributed by atoms with Gasteiger partial charge in [0.15, 0.2) is 11.9 Å². The fraction of sp³-hybridized carbons (Fsp3) is 0.610. The van der Waals surface area contributed by atoms with E-state index in [-0.39, 0.29) is 136 Å². The van der Waals surface area contributed by atoms with E-state index in [9.17, 15) is 49.7 Å². The molecule has 1 aromatic carbocycles. The van der Waals surface area contributed by atoms with E-state index in [4.69, 9.17) is 23.7 Å². The van der Waals surface area contributed by atoms with E-state index in [2.05, 4.69) is 10.3 Å². The Hall–Kier alpha value is -2.02. The third-order valence-electron chi connectivity index (χ3n) is 13.0. The number of aliphatic hydroxyl groups is 4. The molecule has 2 bridgehead atoms. The second-order valence-corrected chi connectivity index (χ2v) is 18.3. The van der Waals surface area contributed by atoms with E-state index < -0.39 is 118 Å². The summed E-state index contributed by atoms with van der Waals surface area (Å²) in [6.45, 7) is 8.13. The van der Waals surface area contributed by atoms with Gasteiger partial charge in [0.2, 0.25) is 5.91 Å². The van der Waals surface area contributed by atoms with E-state index in [0.717, 1.165) is 17.5 Å². The van der Waals surface area contributed by atoms with E-state index in [0.29, 0.717) is 5.01 Å². The van der Waals surface area contributed by atoms with Gasteiger partial charge < -0.3 is 49.4 Å². The number of hydrogen-bond donors (Lipinski definition) is 5. The van der Waals surface area contributed by atoms with Crippen LogP contribution in [0.2, 0.25) is 0 Å². The molecule has 20 nitrogen and oxygen atoms in total. The number of aromatic nitrogens is 1. The van der Waals surface area contributed by atoms with Gasteiger partial charge in [-0.25, -0.2) is 19.4 Å². The van der Waals surface area contributed by atoms with Crippen LogP contribution in [-0.4, -0.2) is 146 Å². The summed E-state index contributed by atoms with van der Waals surface area (Å²) in [5.41, 5.74) is -8.14. The van der Waals surface area contributed by atoms with Gasteiger partial charge in [0.1, 0.15) is 53.4 Å². The molecule has 5 N–H and O–H groups in total. The average Bonchev–Trinajstić information content (AvgIpc) is 3.67. The summed E-state index contributed by atoms with van der Waals surface area (Å²) in [5, 5.41) is 62.8. The van der Waals surface area contributed by atoms with E-state index >= 15 is 4.79 Å². The van der Waals surface area contributed by atoms with Gasteiger partial charge in [0, 0.05) is 126 Å². The second-order valence-electron chi connectivity index (χ2n) is 17.2. The number of nitro groups is 1. The van der Waals surface area contributed by atoms with Gasteiger partial charge in [-0.2, -0.15) is 0 Å². The number of rotatable bonds is 13. The zero-order valence-electron chi connectivity index (χ0n) is 36.4. The van der Waals surface area contributed by atoms with Gasteiger partial charge in [-0.1, -0.05) is 32.0 Å². The standard InChI is InChI=1S/C41H52N4O16S.2Ac/c1-20-24(59-36(51)30(47)21(2)43-22(3)46)16-41(54)34(61-35(50)23-11-9-8-10-12-23)32-39(6,33(49)31(48)29(20)38(41,4)5)25(15-26-40(32,53)19-58-26)60-37(52)57-14-13-44(7)18-27-42-17-28(62-27)45(55)56;;/h8-12,17,21,24-26,30-32,34,47-48,53-54H,13-16,18-19H2,1-7H3,(H,43,46);;/t21-,24?,25?,26?,30?,31?,32?,34?,39+,40-,41?;;/m0../s1. The smallest absolute Gasteiger partial charge is 0.456 e. The zero-order chi connectivity index (χ0) is 45.7. The Morgan fingerprint density at radius 2 is 1.77 bits per heavy atom. The number of benzene rings is 1. The molecule has 2 radical (unpaired) electrons. The Balaban J connectivity index is 0.00000449. The molecule has 1 aromatic heterocycles. The van der Waals surface area contributed by atoms with Crippen LogP contribution in [0.25, 0.3) is 0 Å². The summed E-state index contributed by atoms with van der Waals surface area (Å²) in [7, 11) is 1.68. The van der Waals surface area contributed by atoms with Crippen LogP contribution in [0.1, 0.15) is 69.7 Å². The number of ketones is 1. The molecule has 6 rings (SSSR count).